The summed E-state index contributed by atoms with van der Waals surface area (Å²) in [7, 11) is 4.10. The summed E-state index contributed by atoms with van der Waals surface area (Å²) in [6.45, 7) is 5.98. The van der Waals surface area contributed by atoms with Gasteiger partial charge in [-0.2, -0.15) is 0 Å². The number of carbonyl (C=O) groups excluding carboxylic acids is 1. The molecular formula is C17H25N3OS. The third-order valence-corrected chi connectivity index (χ3v) is 4.51. The van der Waals surface area contributed by atoms with Crippen LogP contribution in [0.5, 0.6) is 0 Å². The third kappa shape index (κ3) is 5.07. The Kier molecular flexibility index (Phi) is 5.53. The molecule has 0 bridgehead atoms. The molecule has 4 nitrogen and oxygen atoms in total. The van der Waals surface area contributed by atoms with Crippen molar-refractivity contribution < 1.29 is 4.79 Å². The molecule has 1 aromatic carbocycles. The molecule has 2 rings (SSSR count). The molecule has 22 heavy (non-hydrogen) atoms. The number of rotatable bonds is 7. The molecule has 5 heteroatoms. The zero-order valence-electron chi connectivity index (χ0n) is 13.8. The molecule has 1 aromatic heterocycles. The van der Waals surface area contributed by atoms with Gasteiger partial charge in [-0.1, -0.05) is 26.0 Å². The summed E-state index contributed by atoms with van der Waals surface area (Å²) in [6.07, 6.45) is 1.21. The summed E-state index contributed by atoms with van der Waals surface area (Å²) in [5.41, 5.74) is 1.10. The Morgan fingerprint density at radius 3 is 2.73 bits per heavy atom. The van der Waals surface area contributed by atoms with Crippen molar-refractivity contribution in [2.75, 3.05) is 27.2 Å². The van der Waals surface area contributed by atoms with Gasteiger partial charge in [-0.05, 0) is 31.6 Å². The maximum absolute atomic E-state index is 12.0. The predicted molar refractivity (Wildman–Crippen MR) is 93.3 cm³/mol. The van der Waals surface area contributed by atoms with Gasteiger partial charge in [0.2, 0.25) is 5.91 Å². The fourth-order valence-corrected chi connectivity index (χ4v) is 3.55. The Balaban J connectivity index is 1.80. The Morgan fingerprint density at radius 2 is 2.05 bits per heavy atom. The fourth-order valence-electron chi connectivity index (χ4n) is 2.59. The Hall–Kier alpha value is -1.46. The molecule has 0 aliphatic carbocycles. The lowest BCUT2D eigenvalue weighted by Gasteiger charge is -2.28. The van der Waals surface area contributed by atoms with E-state index in [1.165, 1.54) is 4.70 Å². The average Bonchev–Trinajstić information content (AvgIpc) is 2.84. The minimum atomic E-state index is 0.0784. The van der Waals surface area contributed by atoms with Crippen LogP contribution in [0.4, 0.5) is 0 Å². The van der Waals surface area contributed by atoms with Crippen molar-refractivity contribution >= 4 is 27.5 Å². The van der Waals surface area contributed by atoms with Crippen LogP contribution < -0.4 is 5.32 Å². The van der Waals surface area contributed by atoms with Gasteiger partial charge in [-0.3, -0.25) is 4.79 Å². The number of carbonyl (C=O) groups is 1. The highest BCUT2D eigenvalue weighted by molar-refractivity contribution is 7.18. The van der Waals surface area contributed by atoms with Gasteiger partial charge in [0.25, 0.3) is 0 Å². The lowest BCUT2D eigenvalue weighted by Crippen LogP contribution is -2.40. The molecule has 2 aromatic rings. The number of aromatic nitrogens is 1. The second-order valence-corrected chi connectivity index (χ2v) is 7.87. The van der Waals surface area contributed by atoms with E-state index in [1.54, 1.807) is 11.3 Å². The first-order chi connectivity index (χ1) is 10.4. The van der Waals surface area contributed by atoms with E-state index in [0.717, 1.165) is 17.1 Å². The van der Waals surface area contributed by atoms with Gasteiger partial charge < -0.3 is 10.2 Å². The average molecular weight is 319 g/mol. The minimum Gasteiger partial charge on any atom is -0.356 e. The number of aryl methyl sites for hydroxylation is 1. The Morgan fingerprint density at radius 1 is 1.32 bits per heavy atom. The number of hydrogen-bond donors (Lipinski definition) is 1. The largest absolute Gasteiger partial charge is 0.356 e. The molecule has 0 radical (unpaired) electrons. The van der Waals surface area contributed by atoms with Crippen molar-refractivity contribution in [1.29, 1.82) is 0 Å². The molecule has 0 saturated heterocycles. The normalized spacial score (nSPS) is 12.0. The number of nitrogens with one attached hydrogen (secondary N) is 1. The van der Waals surface area contributed by atoms with Gasteiger partial charge in [-0.15, -0.1) is 11.3 Å². The van der Waals surface area contributed by atoms with Crippen LogP contribution in [0.2, 0.25) is 0 Å². The highest BCUT2D eigenvalue weighted by Gasteiger charge is 2.19. The second-order valence-electron chi connectivity index (χ2n) is 6.75. The van der Waals surface area contributed by atoms with E-state index in [0.29, 0.717) is 19.4 Å². The van der Waals surface area contributed by atoms with Gasteiger partial charge >= 0.3 is 0 Å². The molecular weight excluding hydrogens is 294 g/mol. The number of para-hydroxylation sites is 1. The SMILES string of the molecule is CN(C)CC(C)(C)CNC(=O)CCc1nc2ccccc2s1. The van der Waals surface area contributed by atoms with Crippen molar-refractivity contribution in [1.82, 2.24) is 15.2 Å². The lowest BCUT2D eigenvalue weighted by atomic mass is 9.93. The maximum atomic E-state index is 12.0. The molecule has 120 valence electrons. The van der Waals surface area contributed by atoms with E-state index in [1.807, 2.05) is 18.2 Å². The van der Waals surface area contributed by atoms with Gasteiger partial charge in [0.1, 0.15) is 0 Å². The van der Waals surface area contributed by atoms with Crippen LogP contribution in [-0.2, 0) is 11.2 Å². The van der Waals surface area contributed by atoms with Crippen molar-refractivity contribution in [2.45, 2.75) is 26.7 Å². The molecule has 1 heterocycles. The van der Waals surface area contributed by atoms with E-state index in [9.17, 15) is 4.79 Å². The van der Waals surface area contributed by atoms with E-state index in [4.69, 9.17) is 0 Å². The highest BCUT2D eigenvalue weighted by Crippen LogP contribution is 2.22. The molecule has 0 saturated carbocycles. The molecule has 0 unspecified atom stereocenters. The molecule has 0 fully saturated rings. The summed E-state index contributed by atoms with van der Waals surface area (Å²) < 4.78 is 1.19. The van der Waals surface area contributed by atoms with Crippen molar-refractivity contribution in [2.24, 2.45) is 5.41 Å². The number of amides is 1. The summed E-state index contributed by atoms with van der Waals surface area (Å²) in [6, 6.07) is 8.09. The van der Waals surface area contributed by atoms with Crippen LogP contribution in [0.15, 0.2) is 24.3 Å². The number of benzene rings is 1. The summed E-state index contributed by atoms with van der Waals surface area (Å²) in [5.74, 6) is 0.103. The zero-order chi connectivity index (χ0) is 16.2. The van der Waals surface area contributed by atoms with E-state index in [2.05, 4.69) is 49.2 Å². The van der Waals surface area contributed by atoms with Crippen molar-refractivity contribution in [3.63, 3.8) is 0 Å². The standard InChI is InChI=1S/C17H25N3OS/c1-17(2,12-20(3)4)11-18-15(21)9-10-16-19-13-7-5-6-8-14(13)22-16/h5-8H,9-12H2,1-4H3,(H,18,21). The molecule has 0 atom stereocenters. The third-order valence-electron chi connectivity index (χ3n) is 3.41. The summed E-state index contributed by atoms with van der Waals surface area (Å²) in [4.78, 5) is 18.7. The Bertz CT molecular complexity index is 601. The van der Waals surface area contributed by atoms with Gasteiger partial charge in [-0.25, -0.2) is 4.98 Å². The van der Waals surface area contributed by atoms with Crippen LogP contribution in [0.1, 0.15) is 25.3 Å². The van der Waals surface area contributed by atoms with Crippen molar-refractivity contribution in [3.8, 4) is 0 Å². The number of thiazole rings is 1. The van der Waals surface area contributed by atoms with Crippen LogP contribution >= 0.6 is 11.3 Å². The van der Waals surface area contributed by atoms with Crippen LogP contribution in [-0.4, -0.2) is 43.0 Å². The van der Waals surface area contributed by atoms with Gasteiger partial charge in [0.05, 0.1) is 15.2 Å². The Labute approximate surface area is 136 Å². The molecule has 0 aliphatic heterocycles. The first-order valence-electron chi connectivity index (χ1n) is 7.62. The molecule has 1 N–H and O–H groups in total. The van der Waals surface area contributed by atoms with Crippen LogP contribution in [0.3, 0.4) is 0 Å². The first-order valence-corrected chi connectivity index (χ1v) is 8.43. The fraction of sp³-hybridized carbons (Fsp3) is 0.529. The minimum absolute atomic E-state index is 0.0784. The topological polar surface area (TPSA) is 45.2 Å². The summed E-state index contributed by atoms with van der Waals surface area (Å²) >= 11 is 1.67. The molecule has 0 aliphatic rings. The zero-order valence-corrected chi connectivity index (χ0v) is 14.7. The highest BCUT2D eigenvalue weighted by atomic mass is 32.1. The maximum Gasteiger partial charge on any atom is 0.220 e. The quantitative estimate of drug-likeness (QED) is 0.853. The van der Waals surface area contributed by atoms with Gasteiger partial charge in [0.15, 0.2) is 0 Å². The van der Waals surface area contributed by atoms with E-state index >= 15 is 0 Å². The monoisotopic (exact) mass is 319 g/mol. The van der Waals surface area contributed by atoms with Crippen molar-refractivity contribution in [3.05, 3.63) is 29.3 Å². The lowest BCUT2D eigenvalue weighted by molar-refractivity contribution is -0.121. The predicted octanol–water partition coefficient (Wildman–Crippen LogP) is 2.93. The van der Waals surface area contributed by atoms with Crippen LogP contribution in [0, 0.1) is 5.41 Å². The first kappa shape index (κ1) is 16.9. The number of hydrogen-bond acceptors (Lipinski definition) is 4. The summed E-state index contributed by atoms with van der Waals surface area (Å²) in [5, 5.41) is 4.07. The van der Waals surface area contributed by atoms with Crippen LogP contribution in [0.25, 0.3) is 10.2 Å². The molecule has 0 spiro atoms. The van der Waals surface area contributed by atoms with E-state index in [-0.39, 0.29) is 11.3 Å². The van der Waals surface area contributed by atoms with Gasteiger partial charge in [0, 0.05) is 25.9 Å². The van der Waals surface area contributed by atoms with E-state index < -0.39 is 0 Å². The number of fused-ring (bicyclic) bond motifs is 1. The second kappa shape index (κ2) is 7.20. The molecule has 1 amide bonds. The smallest absolute Gasteiger partial charge is 0.220 e. The number of nitrogens with zero attached hydrogens (tertiary/aromatic N) is 2.